The quantitative estimate of drug-likeness (QED) is 0.630. The monoisotopic (exact) mass is 450 g/mol. The number of carbonyl (C=O) groups is 1. The molecule has 0 bridgehead atoms. The van der Waals surface area contributed by atoms with Gasteiger partial charge in [0.05, 0.1) is 0 Å². The predicted octanol–water partition coefficient (Wildman–Crippen LogP) is 5.33. The van der Waals surface area contributed by atoms with Gasteiger partial charge in [-0.25, -0.2) is 4.79 Å². The van der Waals surface area contributed by atoms with Crippen molar-refractivity contribution >= 4 is 27.7 Å². The van der Waals surface area contributed by atoms with Crippen LogP contribution in [0.1, 0.15) is 27.2 Å². The van der Waals surface area contributed by atoms with Crippen LogP contribution in [0.25, 0.3) is 0 Å². The summed E-state index contributed by atoms with van der Waals surface area (Å²) >= 11 is 3.24. The van der Waals surface area contributed by atoms with E-state index in [1.807, 2.05) is 26.8 Å². The van der Waals surface area contributed by atoms with E-state index in [-0.39, 0.29) is 11.8 Å². The maximum atomic E-state index is 12.2. The fraction of sp³-hybridized carbons (Fsp3) is 0.500. The molecule has 150 valence electrons. The van der Waals surface area contributed by atoms with Gasteiger partial charge in [-0.1, -0.05) is 11.6 Å². The number of alkyl halides is 3. The predicted molar refractivity (Wildman–Crippen MR) is 99.8 cm³/mol. The van der Waals surface area contributed by atoms with Gasteiger partial charge in [0.2, 0.25) is 0 Å². The Morgan fingerprint density at radius 2 is 2.00 bits per heavy atom. The summed E-state index contributed by atoms with van der Waals surface area (Å²) < 4.78 is 46.4. The summed E-state index contributed by atoms with van der Waals surface area (Å²) in [5, 5.41) is 3.17. The summed E-state index contributed by atoms with van der Waals surface area (Å²) in [5.74, 6) is -0.287. The average molecular weight is 451 g/mol. The lowest BCUT2D eigenvalue weighted by molar-refractivity contribution is -0.274. The second-order valence-corrected chi connectivity index (χ2v) is 7.94. The van der Waals surface area contributed by atoms with Crippen molar-refractivity contribution in [2.75, 3.05) is 25.0 Å². The molecule has 1 aromatic carbocycles. The van der Waals surface area contributed by atoms with E-state index in [0.717, 1.165) is 5.57 Å². The Labute approximate surface area is 164 Å². The highest BCUT2D eigenvalue weighted by Crippen LogP contribution is 2.30. The Morgan fingerprint density at radius 3 is 2.52 bits per heavy atom. The zero-order valence-corrected chi connectivity index (χ0v) is 16.9. The molecule has 0 aliphatic carbocycles. The number of carbonyl (C=O) groups excluding carboxylic acids is 1. The molecule has 0 saturated carbocycles. The van der Waals surface area contributed by atoms with Gasteiger partial charge in [-0.15, -0.1) is 13.2 Å². The molecular weight excluding hydrogens is 429 g/mol. The lowest BCUT2D eigenvalue weighted by Gasteiger charge is -2.29. The fourth-order valence-corrected chi connectivity index (χ4v) is 2.91. The van der Waals surface area contributed by atoms with Crippen LogP contribution in [-0.4, -0.2) is 42.6 Å². The Bertz CT molecular complexity index is 715. The van der Waals surface area contributed by atoms with Crippen molar-refractivity contribution in [2.45, 2.75) is 39.2 Å². The molecule has 2 rings (SSSR count). The Morgan fingerprint density at radius 1 is 1.30 bits per heavy atom. The van der Waals surface area contributed by atoms with E-state index in [1.54, 1.807) is 4.90 Å². The minimum absolute atomic E-state index is 0.287. The third-order valence-electron chi connectivity index (χ3n) is 3.63. The third kappa shape index (κ3) is 7.32. The summed E-state index contributed by atoms with van der Waals surface area (Å²) in [6.45, 7) is 7.02. The van der Waals surface area contributed by atoms with Crippen LogP contribution in [0.2, 0.25) is 0 Å². The molecule has 1 aromatic rings. The summed E-state index contributed by atoms with van der Waals surface area (Å²) in [5.41, 5.74) is 1.23. The van der Waals surface area contributed by atoms with Crippen molar-refractivity contribution in [3.8, 4) is 5.75 Å². The van der Waals surface area contributed by atoms with E-state index in [0.29, 0.717) is 36.2 Å². The van der Waals surface area contributed by atoms with E-state index in [2.05, 4.69) is 26.0 Å². The van der Waals surface area contributed by atoms with Gasteiger partial charge in [0.1, 0.15) is 11.4 Å². The van der Waals surface area contributed by atoms with Gasteiger partial charge in [0.25, 0.3) is 0 Å². The number of benzene rings is 1. The molecular formula is C18H22BrF3N2O3. The lowest BCUT2D eigenvalue weighted by atomic mass is 10.1. The van der Waals surface area contributed by atoms with E-state index >= 15 is 0 Å². The Hall–Kier alpha value is -1.90. The zero-order valence-electron chi connectivity index (χ0n) is 15.3. The SMILES string of the molecule is CC(C)(C)OC(=O)N1CC=C(CNc2ccc(OC(F)(F)F)cc2Br)CC1. The van der Waals surface area contributed by atoms with Gasteiger partial charge < -0.3 is 19.7 Å². The first-order chi connectivity index (χ1) is 12.4. The first kappa shape index (κ1) is 21.4. The van der Waals surface area contributed by atoms with Crippen LogP contribution in [-0.2, 0) is 4.74 Å². The molecule has 1 aliphatic rings. The second-order valence-electron chi connectivity index (χ2n) is 7.08. The molecule has 9 heteroatoms. The molecule has 1 N–H and O–H groups in total. The molecule has 0 fully saturated rings. The smallest absolute Gasteiger partial charge is 0.444 e. The van der Waals surface area contributed by atoms with E-state index in [4.69, 9.17) is 4.74 Å². The number of hydrogen-bond acceptors (Lipinski definition) is 4. The molecule has 0 unspecified atom stereocenters. The van der Waals surface area contributed by atoms with Crippen molar-refractivity contribution in [1.29, 1.82) is 0 Å². The van der Waals surface area contributed by atoms with E-state index in [9.17, 15) is 18.0 Å². The summed E-state index contributed by atoms with van der Waals surface area (Å²) in [4.78, 5) is 13.7. The molecule has 1 aliphatic heterocycles. The summed E-state index contributed by atoms with van der Waals surface area (Å²) in [7, 11) is 0. The van der Waals surface area contributed by atoms with Gasteiger partial charge in [-0.3, -0.25) is 0 Å². The maximum Gasteiger partial charge on any atom is 0.573 e. The van der Waals surface area contributed by atoms with Gasteiger partial charge in [0, 0.05) is 29.8 Å². The highest BCUT2D eigenvalue weighted by Gasteiger charge is 2.31. The fourth-order valence-electron chi connectivity index (χ4n) is 2.41. The number of nitrogens with one attached hydrogen (secondary N) is 1. The van der Waals surface area contributed by atoms with Crippen molar-refractivity contribution in [2.24, 2.45) is 0 Å². The largest absolute Gasteiger partial charge is 0.573 e. The van der Waals surface area contributed by atoms with Crippen molar-refractivity contribution < 1.29 is 27.4 Å². The number of ether oxygens (including phenoxy) is 2. The van der Waals surface area contributed by atoms with Crippen LogP contribution in [0.15, 0.2) is 34.3 Å². The summed E-state index contributed by atoms with van der Waals surface area (Å²) in [6, 6.07) is 4.02. The number of hydrogen-bond donors (Lipinski definition) is 1. The zero-order chi connectivity index (χ0) is 20.2. The van der Waals surface area contributed by atoms with E-state index in [1.165, 1.54) is 18.2 Å². The van der Waals surface area contributed by atoms with Crippen LogP contribution >= 0.6 is 15.9 Å². The number of nitrogens with zero attached hydrogens (tertiary/aromatic N) is 1. The Kier molecular flexibility index (Phi) is 6.67. The molecule has 0 spiro atoms. The Balaban J connectivity index is 1.88. The van der Waals surface area contributed by atoms with Crippen LogP contribution in [0.4, 0.5) is 23.7 Å². The summed E-state index contributed by atoms with van der Waals surface area (Å²) in [6.07, 6.45) is -2.41. The number of anilines is 1. The van der Waals surface area contributed by atoms with Crippen molar-refractivity contribution in [3.63, 3.8) is 0 Å². The van der Waals surface area contributed by atoms with Crippen LogP contribution in [0, 0.1) is 0 Å². The molecule has 0 radical (unpaired) electrons. The third-order valence-corrected chi connectivity index (χ3v) is 4.29. The highest BCUT2D eigenvalue weighted by atomic mass is 79.9. The topological polar surface area (TPSA) is 50.8 Å². The van der Waals surface area contributed by atoms with Crippen LogP contribution in [0.5, 0.6) is 5.75 Å². The van der Waals surface area contributed by atoms with Crippen molar-refractivity contribution in [3.05, 3.63) is 34.3 Å². The molecule has 0 atom stereocenters. The maximum absolute atomic E-state index is 12.2. The minimum atomic E-state index is -4.72. The van der Waals surface area contributed by atoms with Gasteiger partial charge >= 0.3 is 12.5 Å². The molecule has 1 heterocycles. The molecule has 5 nitrogen and oxygen atoms in total. The molecule has 1 amide bonds. The van der Waals surface area contributed by atoms with E-state index < -0.39 is 12.0 Å². The highest BCUT2D eigenvalue weighted by molar-refractivity contribution is 9.10. The normalized spacial score (nSPS) is 15.2. The van der Waals surface area contributed by atoms with Gasteiger partial charge in [-0.05, 0) is 61.3 Å². The average Bonchev–Trinajstić information content (AvgIpc) is 2.51. The van der Waals surface area contributed by atoms with Crippen molar-refractivity contribution in [1.82, 2.24) is 4.90 Å². The van der Waals surface area contributed by atoms with Gasteiger partial charge in [0.15, 0.2) is 0 Å². The minimum Gasteiger partial charge on any atom is -0.444 e. The number of halogens is 4. The van der Waals surface area contributed by atoms with Crippen LogP contribution < -0.4 is 10.1 Å². The second kappa shape index (κ2) is 8.41. The standard InChI is InChI=1S/C18H22BrF3N2O3/c1-17(2,3)27-16(25)24-8-6-12(7-9-24)11-23-15-5-4-13(10-14(15)19)26-18(20,21)22/h4-6,10,23H,7-9,11H2,1-3H3. The van der Waals surface area contributed by atoms with Gasteiger partial charge in [-0.2, -0.15) is 0 Å². The molecule has 0 aromatic heterocycles. The van der Waals surface area contributed by atoms with Crippen LogP contribution in [0.3, 0.4) is 0 Å². The first-order valence-corrected chi connectivity index (χ1v) is 9.17. The molecule has 0 saturated heterocycles. The lowest BCUT2D eigenvalue weighted by Crippen LogP contribution is -2.39. The number of rotatable bonds is 4. The first-order valence-electron chi connectivity index (χ1n) is 8.38. The number of amides is 1. The molecule has 27 heavy (non-hydrogen) atoms.